The summed E-state index contributed by atoms with van der Waals surface area (Å²) < 4.78 is 5.54. The molecule has 0 aromatic heterocycles. The van der Waals surface area contributed by atoms with E-state index in [2.05, 4.69) is 17.6 Å². The van der Waals surface area contributed by atoms with Crippen molar-refractivity contribution < 1.29 is 14.3 Å². The Kier molecular flexibility index (Phi) is 7.85. The van der Waals surface area contributed by atoms with E-state index in [1.165, 1.54) is 6.08 Å². The van der Waals surface area contributed by atoms with Gasteiger partial charge < -0.3 is 15.4 Å². The standard InChI is InChI=1S/C25H23ClN2O3/c1-2-16-31-21-12-8-18(9-13-21)10-15-24(29)27-20-11-14-23(22(26)17-20)28-25(30)19-6-4-3-5-7-19/h3-15,17H,2,16H2,1H3,(H,27,29)(H,28,30)/b15-10+. The highest BCUT2D eigenvalue weighted by Crippen LogP contribution is 2.26. The van der Waals surface area contributed by atoms with E-state index in [0.717, 1.165) is 17.7 Å². The SMILES string of the molecule is CCCOc1ccc(/C=C/C(=O)Nc2ccc(NC(=O)c3ccccc3)c(Cl)c2)cc1. The van der Waals surface area contributed by atoms with E-state index in [9.17, 15) is 9.59 Å². The molecule has 0 aliphatic heterocycles. The lowest BCUT2D eigenvalue weighted by atomic mass is 10.2. The van der Waals surface area contributed by atoms with Crippen LogP contribution in [-0.4, -0.2) is 18.4 Å². The molecule has 0 heterocycles. The van der Waals surface area contributed by atoms with E-state index in [-0.39, 0.29) is 11.8 Å². The fourth-order valence-electron chi connectivity index (χ4n) is 2.73. The minimum absolute atomic E-state index is 0.256. The summed E-state index contributed by atoms with van der Waals surface area (Å²) >= 11 is 6.27. The number of amides is 2. The lowest BCUT2D eigenvalue weighted by Gasteiger charge is -2.09. The van der Waals surface area contributed by atoms with Gasteiger partial charge in [0.25, 0.3) is 5.91 Å². The first-order chi connectivity index (χ1) is 15.0. The summed E-state index contributed by atoms with van der Waals surface area (Å²) in [5.74, 6) is 0.259. The van der Waals surface area contributed by atoms with Crippen LogP contribution in [0.5, 0.6) is 5.75 Å². The maximum Gasteiger partial charge on any atom is 0.255 e. The van der Waals surface area contributed by atoms with Crippen molar-refractivity contribution in [1.29, 1.82) is 0 Å². The monoisotopic (exact) mass is 434 g/mol. The number of ether oxygens (including phenoxy) is 1. The zero-order chi connectivity index (χ0) is 22.1. The van der Waals surface area contributed by atoms with E-state index in [1.54, 1.807) is 48.5 Å². The molecule has 2 N–H and O–H groups in total. The number of benzene rings is 3. The van der Waals surface area contributed by atoms with Crippen molar-refractivity contribution in [1.82, 2.24) is 0 Å². The fourth-order valence-corrected chi connectivity index (χ4v) is 2.96. The Morgan fingerprint density at radius 2 is 1.71 bits per heavy atom. The number of hydrogen-bond donors (Lipinski definition) is 2. The van der Waals surface area contributed by atoms with Crippen molar-refractivity contribution in [3.05, 3.63) is 95.0 Å². The Balaban J connectivity index is 1.57. The first-order valence-electron chi connectivity index (χ1n) is 9.93. The molecule has 3 rings (SSSR count). The van der Waals surface area contributed by atoms with Crippen molar-refractivity contribution in [3.8, 4) is 5.75 Å². The smallest absolute Gasteiger partial charge is 0.255 e. The summed E-state index contributed by atoms with van der Waals surface area (Å²) in [4.78, 5) is 24.5. The van der Waals surface area contributed by atoms with Crippen LogP contribution in [0, 0.1) is 0 Å². The quantitative estimate of drug-likeness (QED) is 0.425. The Hall–Kier alpha value is -3.57. The zero-order valence-electron chi connectivity index (χ0n) is 17.1. The van der Waals surface area contributed by atoms with Crippen LogP contribution in [0.15, 0.2) is 78.9 Å². The molecule has 31 heavy (non-hydrogen) atoms. The number of hydrogen-bond acceptors (Lipinski definition) is 3. The van der Waals surface area contributed by atoms with Crippen LogP contribution >= 0.6 is 11.6 Å². The topological polar surface area (TPSA) is 67.4 Å². The number of carbonyl (C=O) groups excluding carboxylic acids is 2. The van der Waals surface area contributed by atoms with Crippen LogP contribution in [0.2, 0.25) is 5.02 Å². The van der Waals surface area contributed by atoms with E-state index < -0.39 is 0 Å². The van der Waals surface area contributed by atoms with Gasteiger partial charge in [-0.3, -0.25) is 9.59 Å². The van der Waals surface area contributed by atoms with E-state index in [1.807, 2.05) is 30.3 Å². The first-order valence-corrected chi connectivity index (χ1v) is 10.3. The third-order valence-corrected chi connectivity index (χ3v) is 4.61. The lowest BCUT2D eigenvalue weighted by molar-refractivity contribution is -0.111. The second-order valence-corrected chi connectivity index (χ2v) is 7.16. The maximum absolute atomic E-state index is 12.3. The van der Waals surface area contributed by atoms with Crippen LogP contribution in [0.3, 0.4) is 0 Å². The van der Waals surface area contributed by atoms with Gasteiger partial charge in [0.2, 0.25) is 5.91 Å². The number of nitrogens with one attached hydrogen (secondary N) is 2. The summed E-state index contributed by atoms with van der Waals surface area (Å²) in [6.07, 6.45) is 4.11. The second-order valence-electron chi connectivity index (χ2n) is 6.75. The molecule has 2 amide bonds. The summed E-state index contributed by atoms with van der Waals surface area (Å²) in [5, 5.41) is 5.85. The highest BCUT2D eigenvalue weighted by atomic mass is 35.5. The zero-order valence-corrected chi connectivity index (χ0v) is 17.9. The van der Waals surface area contributed by atoms with Crippen LogP contribution in [0.1, 0.15) is 29.3 Å². The molecule has 0 saturated heterocycles. The summed E-state index contributed by atoms with van der Waals surface area (Å²) in [5.41, 5.74) is 2.41. The molecule has 0 spiro atoms. The molecular weight excluding hydrogens is 412 g/mol. The number of rotatable bonds is 8. The van der Waals surface area contributed by atoms with E-state index in [4.69, 9.17) is 16.3 Å². The number of anilines is 2. The molecule has 6 heteroatoms. The summed E-state index contributed by atoms with van der Waals surface area (Å²) in [6, 6.07) is 21.3. The molecule has 5 nitrogen and oxygen atoms in total. The van der Waals surface area contributed by atoms with Crippen LogP contribution < -0.4 is 15.4 Å². The minimum atomic E-state index is -0.288. The number of carbonyl (C=O) groups is 2. The van der Waals surface area contributed by atoms with Gasteiger partial charge in [0.15, 0.2) is 0 Å². The fraction of sp³-hybridized carbons (Fsp3) is 0.120. The van der Waals surface area contributed by atoms with E-state index in [0.29, 0.717) is 28.6 Å². The molecule has 0 radical (unpaired) electrons. The van der Waals surface area contributed by atoms with Crippen molar-refractivity contribution in [3.63, 3.8) is 0 Å². The molecule has 0 aliphatic rings. The Morgan fingerprint density at radius 1 is 0.968 bits per heavy atom. The molecule has 0 fully saturated rings. The third-order valence-electron chi connectivity index (χ3n) is 4.30. The highest BCUT2D eigenvalue weighted by Gasteiger charge is 2.09. The second kappa shape index (κ2) is 11.0. The Morgan fingerprint density at radius 3 is 2.39 bits per heavy atom. The normalized spacial score (nSPS) is 10.6. The largest absolute Gasteiger partial charge is 0.494 e. The third kappa shape index (κ3) is 6.73. The van der Waals surface area contributed by atoms with Gasteiger partial charge >= 0.3 is 0 Å². The van der Waals surface area contributed by atoms with Crippen LogP contribution in [-0.2, 0) is 4.79 Å². The average Bonchev–Trinajstić information content (AvgIpc) is 2.79. The predicted molar refractivity (Wildman–Crippen MR) is 126 cm³/mol. The average molecular weight is 435 g/mol. The molecule has 3 aromatic carbocycles. The van der Waals surface area contributed by atoms with Gasteiger partial charge in [-0.1, -0.05) is 48.9 Å². The van der Waals surface area contributed by atoms with Gasteiger partial charge in [0.1, 0.15) is 5.75 Å². The summed E-state index contributed by atoms with van der Waals surface area (Å²) in [6.45, 7) is 2.73. The van der Waals surface area contributed by atoms with Crippen molar-refractivity contribution in [2.45, 2.75) is 13.3 Å². The minimum Gasteiger partial charge on any atom is -0.494 e. The van der Waals surface area contributed by atoms with Gasteiger partial charge in [-0.05, 0) is 60.5 Å². The molecule has 0 aliphatic carbocycles. The molecule has 0 saturated carbocycles. The van der Waals surface area contributed by atoms with Gasteiger partial charge in [-0.25, -0.2) is 0 Å². The molecule has 158 valence electrons. The Bertz CT molecular complexity index is 1060. The van der Waals surface area contributed by atoms with Crippen LogP contribution in [0.25, 0.3) is 6.08 Å². The van der Waals surface area contributed by atoms with Gasteiger partial charge in [0.05, 0.1) is 17.3 Å². The number of halogens is 1. The molecule has 0 unspecified atom stereocenters. The summed E-state index contributed by atoms with van der Waals surface area (Å²) in [7, 11) is 0. The molecule has 0 atom stereocenters. The Labute approximate surface area is 186 Å². The molecular formula is C25H23ClN2O3. The molecule has 3 aromatic rings. The predicted octanol–water partition coefficient (Wildman–Crippen LogP) is 6.03. The highest BCUT2D eigenvalue weighted by molar-refractivity contribution is 6.34. The van der Waals surface area contributed by atoms with Crippen LogP contribution in [0.4, 0.5) is 11.4 Å². The van der Waals surface area contributed by atoms with Gasteiger partial charge in [-0.2, -0.15) is 0 Å². The van der Waals surface area contributed by atoms with Gasteiger partial charge in [0, 0.05) is 17.3 Å². The maximum atomic E-state index is 12.3. The van der Waals surface area contributed by atoms with E-state index >= 15 is 0 Å². The van der Waals surface area contributed by atoms with Crippen molar-refractivity contribution in [2.75, 3.05) is 17.2 Å². The van der Waals surface area contributed by atoms with Crippen molar-refractivity contribution >= 4 is 40.9 Å². The molecule has 0 bridgehead atoms. The lowest BCUT2D eigenvalue weighted by Crippen LogP contribution is -2.12. The van der Waals surface area contributed by atoms with Gasteiger partial charge in [-0.15, -0.1) is 0 Å². The first kappa shape index (κ1) is 22.1. The van der Waals surface area contributed by atoms with Crippen molar-refractivity contribution in [2.24, 2.45) is 0 Å².